The number of sulfonamides is 1. The fourth-order valence-electron chi connectivity index (χ4n) is 2.18. The van der Waals surface area contributed by atoms with Gasteiger partial charge in [-0.2, -0.15) is 4.31 Å². The summed E-state index contributed by atoms with van der Waals surface area (Å²) in [6.45, 7) is 4.83. The number of hydrogen-bond acceptors (Lipinski definition) is 5. The molecule has 1 aliphatic rings. The molecular formula is C10H20ClN5O2S. The summed E-state index contributed by atoms with van der Waals surface area (Å²) in [7, 11) is -1.96. The number of piperidine rings is 1. The highest BCUT2D eigenvalue weighted by atomic mass is 35.5. The van der Waals surface area contributed by atoms with E-state index in [1.165, 1.54) is 15.2 Å². The summed E-state index contributed by atoms with van der Waals surface area (Å²) in [5, 5.41) is 7.40. The molecule has 110 valence electrons. The maximum absolute atomic E-state index is 12.4. The lowest BCUT2D eigenvalue weighted by atomic mass is 9.81. The minimum absolute atomic E-state index is 0. The molecule has 0 radical (unpaired) electrons. The molecule has 1 atom stereocenters. The third-order valence-electron chi connectivity index (χ3n) is 3.55. The van der Waals surface area contributed by atoms with Crippen molar-refractivity contribution in [2.24, 2.45) is 18.2 Å². The number of nitrogens with zero attached hydrogens (tertiary/aromatic N) is 4. The highest BCUT2D eigenvalue weighted by Crippen LogP contribution is 2.30. The van der Waals surface area contributed by atoms with Crippen LogP contribution in [0.2, 0.25) is 0 Å². The number of aromatic nitrogens is 3. The maximum Gasteiger partial charge on any atom is 0.261 e. The lowest BCUT2D eigenvalue weighted by molar-refractivity contribution is 0.155. The summed E-state index contributed by atoms with van der Waals surface area (Å²) >= 11 is 0. The third-order valence-corrected chi connectivity index (χ3v) is 5.44. The molecule has 0 amide bonds. The highest BCUT2D eigenvalue weighted by Gasteiger charge is 2.39. The second kappa shape index (κ2) is 5.35. The van der Waals surface area contributed by atoms with E-state index in [-0.39, 0.29) is 28.9 Å². The van der Waals surface area contributed by atoms with E-state index in [0.717, 1.165) is 0 Å². The van der Waals surface area contributed by atoms with Gasteiger partial charge in [-0.1, -0.05) is 19.1 Å². The first-order chi connectivity index (χ1) is 8.25. The van der Waals surface area contributed by atoms with Gasteiger partial charge in [0.2, 0.25) is 0 Å². The molecule has 19 heavy (non-hydrogen) atoms. The van der Waals surface area contributed by atoms with Gasteiger partial charge in [0.05, 0.1) is 6.20 Å². The summed E-state index contributed by atoms with van der Waals surface area (Å²) in [5.41, 5.74) is 5.79. The van der Waals surface area contributed by atoms with Crippen LogP contribution in [-0.2, 0) is 17.1 Å². The van der Waals surface area contributed by atoms with Crippen molar-refractivity contribution in [3.8, 4) is 0 Å². The zero-order valence-corrected chi connectivity index (χ0v) is 12.9. The van der Waals surface area contributed by atoms with Crippen LogP contribution in [0.5, 0.6) is 0 Å². The minimum Gasteiger partial charge on any atom is -0.327 e. The van der Waals surface area contributed by atoms with Crippen molar-refractivity contribution < 1.29 is 8.42 Å². The standard InChI is InChI=1S/C10H19N5O2S.ClH/c1-10(2)7-15(5-4-8(10)11)18(16,17)9-6-12-13-14(9)3;/h6,8H,4-5,7,11H2,1-3H3;1H. The maximum atomic E-state index is 12.4. The van der Waals surface area contributed by atoms with E-state index < -0.39 is 10.0 Å². The van der Waals surface area contributed by atoms with Crippen molar-refractivity contribution in [3.05, 3.63) is 6.20 Å². The van der Waals surface area contributed by atoms with Crippen LogP contribution in [-0.4, -0.2) is 46.8 Å². The Kier molecular flexibility index (Phi) is 4.61. The molecule has 1 aromatic rings. The predicted molar refractivity (Wildman–Crippen MR) is 73.4 cm³/mol. The van der Waals surface area contributed by atoms with Gasteiger partial charge < -0.3 is 5.73 Å². The van der Waals surface area contributed by atoms with Crippen LogP contribution < -0.4 is 5.73 Å². The molecule has 0 aliphatic carbocycles. The van der Waals surface area contributed by atoms with E-state index in [1.54, 1.807) is 7.05 Å². The number of nitrogens with two attached hydrogens (primary N) is 1. The molecule has 1 fully saturated rings. The monoisotopic (exact) mass is 309 g/mol. The summed E-state index contributed by atoms with van der Waals surface area (Å²) in [5.74, 6) is 0. The summed E-state index contributed by atoms with van der Waals surface area (Å²) in [6, 6.07) is 0.0219. The normalized spacial score (nSPS) is 23.9. The fourth-order valence-corrected chi connectivity index (χ4v) is 3.84. The van der Waals surface area contributed by atoms with Crippen LogP contribution >= 0.6 is 12.4 Å². The van der Waals surface area contributed by atoms with Crippen LogP contribution in [0.25, 0.3) is 0 Å². The van der Waals surface area contributed by atoms with Crippen LogP contribution in [0, 0.1) is 5.41 Å². The molecule has 1 aliphatic heterocycles. The van der Waals surface area contributed by atoms with Crippen molar-refractivity contribution in [2.75, 3.05) is 13.1 Å². The number of halogens is 1. The quantitative estimate of drug-likeness (QED) is 0.829. The first-order valence-electron chi connectivity index (χ1n) is 5.85. The lowest BCUT2D eigenvalue weighted by Gasteiger charge is -2.41. The molecule has 7 nitrogen and oxygen atoms in total. The number of aryl methyl sites for hydroxylation is 1. The molecule has 1 unspecified atom stereocenters. The molecule has 0 saturated carbocycles. The van der Waals surface area contributed by atoms with Gasteiger partial charge in [-0.05, 0) is 11.8 Å². The molecule has 2 rings (SSSR count). The molecule has 2 heterocycles. The largest absolute Gasteiger partial charge is 0.327 e. The Balaban J connectivity index is 0.00000180. The zero-order valence-electron chi connectivity index (χ0n) is 11.3. The van der Waals surface area contributed by atoms with E-state index in [2.05, 4.69) is 10.3 Å². The topological polar surface area (TPSA) is 94.1 Å². The first-order valence-corrected chi connectivity index (χ1v) is 7.29. The van der Waals surface area contributed by atoms with E-state index in [9.17, 15) is 8.42 Å². The van der Waals surface area contributed by atoms with E-state index in [0.29, 0.717) is 19.5 Å². The SMILES string of the molecule is Cl.Cn1nncc1S(=O)(=O)N1CCC(N)C(C)(C)C1. The molecule has 9 heteroatoms. The average Bonchev–Trinajstić information content (AvgIpc) is 2.69. The van der Waals surface area contributed by atoms with Gasteiger partial charge in [0, 0.05) is 26.2 Å². The second-order valence-electron chi connectivity index (χ2n) is 5.42. The zero-order chi connectivity index (χ0) is 13.6. The van der Waals surface area contributed by atoms with Gasteiger partial charge >= 0.3 is 0 Å². The van der Waals surface area contributed by atoms with E-state index >= 15 is 0 Å². The predicted octanol–water partition coefficient (Wildman–Crippen LogP) is -0.0152. The Labute approximate surface area is 119 Å². The average molecular weight is 310 g/mol. The molecule has 0 spiro atoms. The van der Waals surface area contributed by atoms with Crippen molar-refractivity contribution in [3.63, 3.8) is 0 Å². The van der Waals surface area contributed by atoms with Gasteiger partial charge in [0.15, 0.2) is 5.03 Å². The molecule has 0 bridgehead atoms. The van der Waals surface area contributed by atoms with Gasteiger partial charge in [-0.15, -0.1) is 17.5 Å². The Bertz CT molecular complexity index is 542. The molecule has 0 aromatic carbocycles. The van der Waals surface area contributed by atoms with Gasteiger partial charge in [-0.3, -0.25) is 0 Å². The van der Waals surface area contributed by atoms with Crippen LogP contribution in [0.15, 0.2) is 11.2 Å². The van der Waals surface area contributed by atoms with Crippen LogP contribution in [0.1, 0.15) is 20.3 Å². The van der Waals surface area contributed by atoms with Crippen molar-refractivity contribution >= 4 is 22.4 Å². The Morgan fingerprint density at radius 1 is 1.47 bits per heavy atom. The third kappa shape index (κ3) is 2.91. The molecular weight excluding hydrogens is 290 g/mol. The van der Waals surface area contributed by atoms with Crippen LogP contribution in [0.4, 0.5) is 0 Å². The minimum atomic E-state index is -3.53. The van der Waals surface area contributed by atoms with Crippen molar-refractivity contribution in [1.82, 2.24) is 19.3 Å². The second-order valence-corrected chi connectivity index (χ2v) is 7.30. The Morgan fingerprint density at radius 3 is 2.58 bits per heavy atom. The van der Waals surface area contributed by atoms with Crippen LogP contribution in [0.3, 0.4) is 0 Å². The number of hydrogen-bond donors (Lipinski definition) is 1. The molecule has 2 N–H and O–H groups in total. The van der Waals surface area contributed by atoms with Gasteiger partial charge in [0.25, 0.3) is 10.0 Å². The van der Waals surface area contributed by atoms with Gasteiger partial charge in [0.1, 0.15) is 0 Å². The molecule has 1 aromatic heterocycles. The summed E-state index contributed by atoms with van der Waals surface area (Å²) in [6.07, 6.45) is 1.94. The van der Waals surface area contributed by atoms with Crippen molar-refractivity contribution in [1.29, 1.82) is 0 Å². The number of rotatable bonds is 2. The fraction of sp³-hybridized carbons (Fsp3) is 0.800. The Morgan fingerprint density at radius 2 is 2.11 bits per heavy atom. The van der Waals surface area contributed by atoms with E-state index in [4.69, 9.17) is 5.73 Å². The summed E-state index contributed by atoms with van der Waals surface area (Å²) in [4.78, 5) is 0. The first kappa shape index (κ1) is 16.4. The van der Waals surface area contributed by atoms with Crippen molar-refractivity contribution in [2.45, 2.75) is 31.3 Å². The van der Waals surface area contributed by atoms with Gasteiger partial charge in [-0.25, -0.2) is 13.1 Å². The van der Waals surface area contributed by atoms with E-state index in [1.807, 2.05) is 13.8 Å². The summed E-state index contributed by atoms with van der Waals surface area (Å²) < 4.78 is 27.6. The molecule has 1 saturated heterocycles. The lowest BCUT2D eigenvalue weighted by Crippen LogP contribution is -2.54. The Hall–Kier alpha value is -0.700. The highest BCUT2D eigenvalue weighted by molar-refractivity contribution is 7.89. The smallest absolute Gasteiger partial charge is 0.261 e.